The summed E-state index contributed by atoms with van der Waals surface area (Å²) in [4.78, 5) is 23.5. The average Bonchev–Trinajstić information content (AvgIpc) is 2.59. The molecule has 0 spiro atoms. The van der Waals surface area contributed by atoms with Crippen molar-refractivity contribution in [2.75, 3.05) is 19.0 Å². The summed E-state index contributed by atoms with van der Waals surface area (Å²) in [5.41, 5.74) is -0.341. The standard InChI is InChI=1S/C16H13Cl2FN2O5S/c1-20-27(24,25)12-2-3-14(19)13(7-12)16(23)26-8-15(22)21-11-5-9(17)4-10(18)6-11/h2-7,20H,8H2,1H3,(H,21,22). The van der Waals surface area contributed by atoms with Gasteiger partial charge in [-0.15, -0.1) is 0 Å². The molecule has 0 fully saturated rings. The second-order valence-electron chi connectivity index (χ2n) is 5.13. The minimum absolute atomic E-state index is 0.279. The number of rotatable bonds is 6. The van der Waals surface area contributed by atoms with E-state index in [2.05, 4.69) is 5.32 Å². The quantitative estimate of drug-likeness (QED) is 0.680. The highest BCUT2D eigenvalue weighted by Gasteiger charge is 2.20. The molecule has 2 N–H and O–H groups in total. The molecule has 0 heterocycles. The van der Waals surface area contributed by atoms with E-state index in [1.165, 1.54) is 25.2 Å². The van der Waals surface area contributed by atoms with Crippen molar-refractivity contribution in [2.24, 2.45) is 0 Å². The van der Waals surface area contributed by atoms with Crippen molar-refractivity contribution in [2.45, 2.75) is 4.90 Å². The number of carbonyl (C=O) groups is 2. The number of amides is 1. The van der Waals surface area contributed by atoms with Crippen molar-refractivity contribution in [1.82, 2.24) is 4.72 Å². The van der Waals surface area contributed by atoms with Crippen molar-refractivity contribution in [1.29, 1.82) is 0 Å². The van der Waals surface area contributed by atoms with Gasteiger partial charge in [0.15, 0.2) is 6.61 Å². The lowest BCUT2D eigenvalue weighted by Gasteiger charge is -2.09. The number of halogens is 3. The zero-order valence-corrected chi connectivity index (χ0v) is 16.1. The van der Waals surface area contributed by atoms with Crippen molar-refractivity contribution >= 4 is 50.8 Å². The van der Waals surface area contributed by atoms with Crippen molar-refractivity contribution in [3.63, 3.8) is 0 Å². The molecule has 0 aromatic heterocycles. The number of carbonyl (C=O) groups excluding carboxylic acids is 2. The van der Waals surface area contributed by atoms with E-state index >= 15 is 0 Å². The van der Waals surface area contributed by atoms with Gasteiger partial charge < -0.3 is 10.1 Å². The molecule has 11 heteroatoms. The van der Waals surface area contributed by atoms with Gasteiger partial charge in [0.25, 0.3) is 5.91 Å². The highest BCUT2D eigenvalue weighted by atomic mass is 35.5. The summed E-state index contributed by atoms with van der Waals surface area (Å²) in [5, 5.41) is 2.99. The molecule has 2 aromatic rings. The van der Waals surface area contributed by atoms with E-state index in [1.807, 2.05) is 4.72 Å². The number of anilines is 1. The van der Waals surface area contributed by atoms with Gasteiger partial charge in [0, 0.05) is 15.7 Å². The number of nitrogens with one attached hydrogen (secondary N) is 2. The Kier molecular flexibility index (Phi) is 6.77. The maximum atomic E-state index is 13.8. The molecule has 0 saturated heterocycles. The van der Waals surface area contributed by atoms with E-state index in [0.717, 1.165) is 18.2 Å². The van der Waals surface area contributed by atoms with E-state index in [-0.39, 0.29) is 10.6 Å². The first kappa shape index (κ1) is 21.1. The van der Waals surface area contributed by atoms with Crippen LogP contribution < -0.4 is 10.0 Å². The Bertz CT molecular complexity index is 978. The van der Waals surface area contributed by atoms with Crippen LogP contribution in [0.15, 0.2) is 41.3 Å². The molecule has 0 saturated carbocycles. The molecule has 0 unspecified atom stereocenters. The van der Waals surface area contributed by atoms with Crippen LogP contribution in [0.5, 0.6) is 0 Å². The lowest BCUT2D eigenvalue weighted by molar-refractivity contribution is -0.119. The molecule has 0 radical (unpaired) electrons. The first-order valence-corrected chi connectivity index (χ1v) is 9.52. The predicted octanol–water partition coefficient (Wildman–Crippen LogP) is 2.84. The third-order valence-corrected chi connectivity index (χ3v) is 5.07. The molecule has 144 valence electrons. The van der Waals surface area contributed by atoms with Crippen LogP contribution in [0, 0.1) is 5.82 Å². The largest absolute Gasteiger partial charge is 0.452 e. The third kappa shape index (κ3) is 5.64. The molecule has 0 aliphatic carbocycles. The van der Waals surface area contributed by atoms with Gasteiger partial charge in [-0.25, -0.2) is 22.3 Å². The summed E-state index contributed by atoms with van der Waals surface area (Å²) in [7, 11) is -2.71. The van der Waals surface area contributed by atoms with Gasteiger partial charge in [-0.3, -0.25) is 4.79 Å². The Hall–Kier alpha value is -2.20. The maximum Gasteiger partial charge on any atom is 0.341 e. The van der Waals surface area contributed by atoms with Crippen LogP contribution >= 0.6 is 23.2 Å². The summed E-state index contributed by atoms with van der Waals surface area (Å²) in [6, 6.07) is 6.95. The summed E-state index contributed by atoms with van der Waals surface area (Å²) in [5.74, 6) is -2.90. The normalized spacial score (nSPS) is 11.1. The molecular weight excluding hydrogens is 422 g/mol. The Morgan fingerprint density at radius 1 is 1.11 bits per heavy atom. The van der Waals surface area contributed by atoms with Crippen LogP contribution in [0.1, 0.15) is 10.4 Å². The monoisotopic (exact) mass is 434 g/mol. The Balaban J connectivity index is 2.07. The van der Waals surface area contributed by atoms with Crippen molar-refractivity contribution in [3.05, 3.63) is 57.8 Å². The Labute approximate surface area is 164 Å². The molecule has 0 aliphatic rings. The van der Waals surface area contributed by atoms with Gasteiger partial charge in [0.2, 0.25) is 10.0 Å². The summed E-state index contributed by atoms with van der Waals surface area (Å²) >= 11 is 11.6. The lowest BCUT2D eigenvalue weighted by atomic mass is 10.2. The molecule has 1 amide bonds. The van der Waals surface area contributed by atoms with E-state index in [4.69, 9.17) is 27.9 Å². The molecule has 27 heavy (non-hydrogen) atoms. The molecule has 2 rings (SSSR count). The van der Waals surface area contributed by atoms with Gasteiger partial charge in [0.05, 0.1) is 10.5 Å². The zero-order valence-electron chi connectivity index (χ0n) is 13.8. The first-order chi connectivity index (χ1) is 12.6. The summed E-state index contributed by atoms with van der Waals surface area (Å²) < 4.78 is 44.1. The molecule has 0 aliphatic heterocycles. The van der Waals surface area contributed by atoms with Crippen molar-refractivity contribution < 1.29 is 27.1 Å². The SMILES string of the molecule is CNS(=O)(=O)c1ccc(F)c(C(=O)OCC(=O)Nc2cc(Cl)cc(Cl)c2)c1. The van der Waals surface area contributed by atoms with Gasteiger partial charge in [-0.2, -0.15) is 0 Å². The summed E-state index contributed by atoms with van der Waals surface area (Å²) in [6.45, 7) is -0.731. The predicted molar refractivity (Wildman–Crippen MR) is 98.0 cm³/mol. The number of ether oxygens (including phenoxy) is 1. The van der Waals surface area contributed by atoms with Crippen LogP contribution in [-0.4, -0.2) is 33.9 Å². The second kappa shape index (κ2) is 8.66. The van der Waals surface area contributed by atoms with Crippen LogP contribution in [0.3, 0.4) is 0 Å². The van der Waals surface area contributed by atoms with Crippen LogP contribution in [-0.2, 0) is 19.6 Å². The van der Waals surface area contributed by atoms with E-state index in [9.17, 15) is 22.4 Å². The Morgan fingerprint density at radius 2 is 1.74 bits per heavy atom. The number of benzene rings is 2. The van der Waals surface area contributed by atoms with E-state index in [0.29, 0.717) is 10.0 Å². The minimum atomic E-state index is -3.88. The number of hydrogen-bond acceptors (Lipinski definition) is 5. The average molecular weight is 435 g/mol. The second-order valence-corrected chi connectivity index (χ2v) is 7.89. The smallest absolute Gasteiger partial charge is 0.341 e. The van der Waals surface area contributed by atoms with Crippen LogP contribution in [0.4, 0.5) is 10.1 Å². The topological polar surface area (TPSA) is 102 Å². The molecular formula is C16H13Cl2FN2O5S. The fraction of sp³-hybridized carbons (Fsp3) is 0.125. The van der Waals surface area contributed by atoms with Gasteiger partial charge in [-0.05, 0) is 43.4 Å². The molecule has 0 atom stereocenters. The maximum absolute atomic E-state index is 13.8. The highest BCUT2D eigenvalue weighted by Crippen LogP contribution is 2.22. The third-order valence-electron chi connectivity index (χ3n) is 3.22. The van der Waals surface area contributed by atoms with Gasteiger partial charge >= 0.3 is 5.97 Å². The molecule has 0 bridgehead atoms. The van der Waals surface area contributed by atoms with Crippen LogP contribution in [0.2, 0.25) is 10.0 Å². The fourth-order valence-electron chi connectivity index (χ4n) is 1.98. The number of hydrogen-bond donors (Lipinski definition) is 2. The lowest BCUT2D eigenvalue weighted by Crippen LogP contribution is -2.22. The first-order valence-electron chi connectivity index (χ1n) is 7.28. The van der Waals surface area contributed by atoms with Crippen LogP contribution in [0.25, 0.3) is 0 Å². The van der Waals surface area contributed by atoms with Gasteiger partial charge in [0.1, 0.15) is 5.82 Å². The minimum Gasteiger partial charge on any atom is -0.452 e. The van der Waals surface area contributed by atoms with Gasteiger partial charge in [-0.1, -0.05) is 23.2 Å². The van der Waals surface area contributed by atoms with E-state index < -0.39 is 39.9 Å². The van der Waals surface area contributed by atoms with Crippen molar-refractivity contribution in [3.8, 4) is 0 Å². The number of esters is 1. The highest BCUT2D eigenvalue weighted by molar-refractivity contribution is 7.89. The number of sulfonamides is 1. The van der Waals surface area contributed by atoms with E-state index in [1.54, 1.807) is 0 Å². The zero-order chi connectivity index (χ0) is 20.2. The Morgan fingerprint density at radius 3 is 2.33 bits per heavy atom. The summed E-state index contributed by atoms with van der Waals surface area (Å²) in [6.07, 6.45) is 0. The molecule has 7 nitrogen and oxygen atoms in total. The molecule has 2 aromatic carbocycles. The fourth-order valence-corrected chi connectivity index (χ4v) is 3.26.